The number of hydrogen-bond acceptors (Lipinski definition) is 3. The average molecular weight is 308 g/mol. The van der Waals surface area contributed by atoms with Gasteiger partial charge in [0.2, 0.25) is 0 Å². The number of likely N-dealkylation sites (N-methyl/N-ethyl adjacent to an activating group) is 1. The minimum Gasteiger partial charge on any atom is -0.480 e. The van der Waals surface area contributed by atoms with Gasteiger partial charge in [-0.05, 0) is 50.1 Å². The second-order valence-corrected chi connectivity index (χ2v) is 5.72. The van der Waals surface area contributed by atoms with Gasteiger partial charge in [0, 0.05) is 17.6 Å². The summed E-state index contributed by atoms with van der Waals surface area (Å²) in [7, 11) is 0. The van der Waals surface area contributed by atoms with E-state index in [1.165, 1.54) is 18.2 Å². The molecule has 1 fully saturated rings. The van der Waals surface area contributed by atoms with Crippen molar-refractivity contribution in [2.24, 2.45) is 0 Å². The molecule has 0 unspecified atom stereocenters. The number of nitrogens with zero attached hydrogens (tertiary/aromatic N) is 1. The summed E-state index contributed by atoms with van der Waals surface area (Å²) in [4.78, 5) is 24.8. The maximum atomic E-state index is 13.2. The van der Waals surface area contributed by atoms with E-state index in [0.29, 0.717) is 17.7 Å². The molecular weight excluding hydrogens is 287 g/mol. The van der Waals surface area contributed by atoms with Crippen LogP contribution in [-0.2, 0) is 4.79 Å². The molecule has 2 N–H and O–H groups in total. The number of amides is 1. The first-order chi connectivity index (χ1) is 10.4. The number of carbonyl (C=O) groups is 2. The van der Waals surface area contributed by atoms with E-state index in [2.05, 4.69) is 5.32 Å². The minimum absolute atomic E-state index is 0.0268. The highest BCUT2D eigenvalue weighted by Gasteiger charge is 2.34. The number of aryl methyl sites for hydroxylation is 1. The number of benzene rings is 1. The van der Waals surface area contributed by atoms with Crippen molar-refractivity contribution >= 4 is 11.9 Å². The molecule has 0 bridgehead atoms. The largest absolute Gasteiger partial charge is 0.480 e. The van der Waals surface area contributed by atoms with Gasteiger partial charge in [-0.15, -0.1) is 0 Å². The summed E-state index contributed by atoms with van der Waals surface area (Å²) in [6.45, 7) is 4.25. The molecule has 1 aromatic carbocycles. The Hall–Kier alpha value is -1.95. The van der Waals surface area contributed by atoms with Crippen molar-refractivity contribution in [2.75, 3.05) is 13.1 Å². The zero-order valence-electron chi connectivity index (χ0n) is 12.8. The summed E-state index contributed by atoms with van der Waals surface area (Å²) in [6.07, 6.45) is 1.49. The monoisotopic (exact) mass is 308 g/mol. The van der Waals surface area contributed by atoms with Crippen LogP contribution in [0, 0.1) is 12.7 Å². The van der Waals surface area contributed by atoms with Crippen LogP contribution in [0.1, 0.15) is 35.7 Å². The molecule has 1 aliphatic carbocycles. The number of aliphatic carboxylic acids is 1. The first-order valence-electron chi connectivity index (χ1n) is 7.43. The number of rotatable bonds is 6. The number of carboxylic acid groups (broad SMARTS) is 1. The molecule has 1 aliphatic rings. The highest BCUT2D eigenvalue weighted by atomic mass is 19.1. The average Bonchev–Trinajstić information content (AvgIpc) is 2.42. The summed E-state index contributed by atoms with van der Waals surface area (Å²) in [6, 6.07) is 4.53. The Labute approximate surface area is 129 Å². The fourth-order valence-corrected chi connectivity index (χ4v) is 2.73. The first kappa shape index (κ1) is 16.4. The molecule has 0 heterocycles. The molecular formula is C16H21FN2O3. The molecule has 1 saturated carbocycles. The highest BCUT2D eigenvalue weighted by molar-refractivity contribution is 5.94. The van der Waals surface area contributed by atoms with Gasteiger partial charge in [-0.2, -0.15) is 0 Å². The van der Waals surface area contributed by atoms with Crippen molar-refractivity contribution in [2.45, 2.75) is 38.8 Å². The molecule has 0 radical (unpaired) electrons. The molecule has 1 amide bonds. The zero-order valence-corrected chi connectivity index (χ0v) is 12.8. The lowest BCUT2D eigenvalue weighted by molar-refractivity contribution is -0.139. The van der Waals surface area contributed by atoms with Gasteiger partial charge >= 0.3 is 5.97 Å². The number of hydrogen-bond donors (Lipinski definition) is 2. The molecule has 6 heteroatoms. The Morgan fingerprint density at radius 3 is 2.64 bits per heavy atom. The van der Waals surface area contributed by atoms with E-state index in [1.807, 2.05) is 11.8 Å². The third-order valence-electron chi connectivity index (χ3n) is 4.13. The fraction of sp³-hybridized carbons (Fsp3) is 0.500. The SMILES string of the molecule is CCN(CC(=O)O)C1CC(NC(=O)c2ccc(F)c(C)c2)C1. The summed E-state index contributed by atoms with van der Waals surface area (Å²) >= 11 is 0. The highest BCUT2D eigenvalue weighted by Crippen LogP contribution is 2.26. The van der Waals surface area contributed by atoms with Crippen molar-refractivity contribution in [1.29, 1.82) is 0 Å². The lowest BCUT2D eigenvalue weighted by Gasteiger charge is -2.42. The van der Waals surface area contributed by atoms with Gasteiger partial charge in [-0.3, -0.25) is 14.5 Å². The van der Waals surface area contributed by atoms with Gasteiger partial charge < -0.3 is 10.4 Å². The number of halogens is 1. The van der Waals surface area contributed by atoms with Gasteiger partial charge in [0.1, 0.15) is 5.82 Å². The van der Waals surface area contributed by atoms with Gasteiger partial charge in [-0.1, -0.05) is 6.92 Å². The van der Waals surface area contributed by atoms with Crippen molar-refractivity contribution in [3.63, 3.8) is 0 Å². The van der Waals surface area contributed by atoms with Gasteiger partial charge in [0.05, 0.1) is 6.54 Å². The molecule has 0 saturated heterocycles. The quantitative estimate of drug-likeness (QED) is 0.841. The van der Waals surface area contributed by atoms with Crippen LogP contribution in [0.3, 0.4) is 0 Å². The summed E-state index contributed by atoms with van der Waals surface area (Å²) in [5, 5.41) is 11.8. The third kappa shape index (κ3) is 3.82. The molecule has 2 rings (SSSR count). The van der Waals surface area contributed by atoms with Crippen molar-refractivity contribution < 1.29 is 19.1 Å². The number of nitrogens with one attached hydrogen (secondary N) is 1. The first-order valence-corrected chi connectivity index (χ1v) is 7.43. The van der Waals surface area contributed by atoms with Crippen LogP contribution in [0.25, 0.3) is 0 Å². The lowest BCUT2D eigenvalue weighted by atomic mass is 9.85. The predicted molar refractivity (Wildman–Crippen MR) is 80.3 cm³/mol. The second kappa shape index (κ2) is 6.87. The van der Waals surface area contributed by atoms with Crippen LogP contribution in [0.2, 0.25) is 0 Å². The van der Waals surface area contributed by atoms with Crippen molar-refractivity contribution in [1.82, 2.24) is 10.2 Å². The zero-order chi connectivity index (χ0) is 16.3. The summed E-state index contributed by atoms with van der Waals surface area (Å²) in [5.74, 6) is -1.38. The van der Waals surface area contributed by atoms with Crippen LogP contribution in [0.15, 0.2) is 18.2 Å². The lowest BCUT2D eigenvalue weighted by Crippen LogP contribution is -2.54. The molecule has 0 aromatic heterocycles. The van der Waals surface area contributed by atoms with E-state index in [4.69, 9.17) is 5.11 Å². The van der Waals surface area contributed by atoms with Crippen LogP contribution >= 0.6 is 0 Å². The number of carboxylic acids is 1. The molecule has 5 nitrogen and oxygen atoms in total. The normalized spacial score (nSPS) is 20.5. The van der Waals surface area contributed by atoms with Crippen LogP contribution in [0.5, 0.6) is 0 Å². The van der Waals surface area contributed by atoms with E-state index in [1.54, 1.807) is 6.92 Å². The van der Waals surface area contributed by atoms with E-state index < -0.39 is 5.97 Å². The summed E-state index contributed by atoms with van der Waals surface area (Å²) in [5.41, 5.74) is 0.887. The van der Waals surface area contributed by atoms with Crippen molar-refractivity contribution in [3.8, 4) is 0 Å². The Morgan fingerprint density at radius 1 is 1.41 bits per heavy atom. The number of carbonyl (C=O) groups excluding carboxylic acids is 1. The van der Waals surface area contributed by atoms with Crippen LogP contribution < -0.4 is 5.32 Å². The minimum atomic E-state index is -0.837. The molecule has 0 spiro atoms. The Morgan fingerprint density at radius 2 is 2.09 bits per heavy atom. The molecule has 0 atom stereocenters. The van der Waals surface area contributed by atoms with E-state index >= 15 is 0 Å². The second-order valence-electron chi connectivity index (χ2n) is 5.72. The Kier molecular flexibility index (Phi) is 5.13. The van der Waals surface area contributed by atoms with Crippen molar-refractivity contribution in [3.05, 3.63) is 35.1 Å². The standard InChI is InChI=1S/C16H21FN2O3/c1-3-19(9-15(20)21)13-7-12(8-13)18-16(22)11-4-5-14(17)10(2)6-11/h4-6,12-13H,3,7-9H2,1-2H3,(H,18,22)(H,20,21). The Bertz CT molecular complexity index is 571. The molecule has 120 valence electrons. The maximum absolute atomic E-state index is 13.2. The van der Waals surface area contributed by atoms with Gasteiger partial charge in [-0.25, -0.2) is 4.39 Å². The fourth-order valence-electron chi connectivity index (χ4n) is 2.73. The Balaban J connectivity index is 1.85. The van der Waals surface area contributed by atoms with Crippen LogP contribution in [0.4, 0.5) is 4.39 Å². The summed E-state index contributed by atoms with van der Waals surface area (Å²) < 4.78 is 13.2. The molecule has 1 aromatic rings. The van der Waals surface area contributed by atoms with Crippen LogP contribution in [-0.4, -0.2) is 47.1 Å². The smallest absolute Gasteiger partial charge is 0.317 e. The molecule has 22 heavy (non-hydrogen) atoms. The topological polar surface area (TPSA) is 69.6 Å². The van der Waals surface area contributed by atoms with Gasteiger partial charge in [0.25, 0.3) is 5.91 Å². The van der Waals surface area contributed by atoms with E-state index in [0.717, 1.165) is 12.8 Å². The predicted octanol–water partition coefficient (Wildman–Crippen LogP) is 1.80. The molecule has 0 aliphatic heterocycles. The van der Waals surface area contributed by atoms with Gasteiger partial charge in [0.15, 0.2) is 0 Å². The maximum Gasteiger partial charge on any atom is 0.317 e. The van der Waals surface area contributed by atoms with E-state index in [-0.39, 0.29) is 30.4 Å². The third-order valence-corrected chi connectivity index (χ3v) is 4.13. The van der Waals surface area contributed by atoms with E-state index in [9.17, 15) is 14.0 Å².